The minimum absolute atomic E-state index is 0.180. The second kappa shape index (κ2) is 6.91. The van der Waals surface area contributed by atoms with Crippen molar-refractivity contribution < 1.29 is 35.1 Å². The van der Waals surface area contributed by atoms with Crippen LogP contribution in [0.4, 0.5) is 35.1 Å². The van der Waals surface area contributed by atoms with Gasteiger partial charge in [-0.3, -0.25) is 0 Å². The van der Waals surface area contributed by atoms with E-state index in [1.807, 2.05) is 0 Å². The number of fused-ring (bicyclic) bond motifs is 8. The Bertz CT molecular complexity index is 1100. The molecule has 0 N–H and O–H groups in total. The zero-order valence-corrected chi connectivity index (χ0v) is 15.6. The van der Waals surface area contributed by atoms with Crippen molar-refractivity contribution in [3.63, 3.8) is 0 Å². The highest BCUT2D eigenvalue weighted by Gasteiger charge is 2.28. The third-order valence-electron chi connectivity index (χ3n) is 5.40. The lowest BCUT2D eigenvalue weighted by Gasteiger charge is -2.24. The molecule has 32 heavy (non-hydrogen) atoms. The minimum Gasteiger partial charge on any atom is -0.204 e. The van der Waals surface area contributed by atoms with E-state index in [1.165, 1.54) is 0 Å². The molecule has 0 unspecified atom stereocenters. The van der Waals surface area contributed by atoms with Gasteiger partial charge in [0.15, 0.2) is 46.5 Å². The first-order chi connectivity index (χ1) is 15.2. The van der Waals surface area contributed by atoms with Crippen molar-refractivity contribution in [2.24, 2.45) is 0 Å². The number of rotatable bonds is 0. The molecule has 0 atom stereocenters. The van der Waals surface area contributed by atoms with Gasteiger partial charge in [-0.15, -0.1) is 0 Å². The van der Waals surface area contributed by atoms with Crippen molar-refractivity contribution in [1.82, 2.24) is 0 Å². The van der Waals surface area contributed by atoms with Gasteiger partial charge in [0.25, 0.3) is 0 Å². The Balaban J connectivity index is 2.06. The summed E-state index contributed by atoms with van der Waals surface area (Å²) in [4.78, 5) is 0. The summed E-state index contributed by atoms with van der Waals surface area (Å²) in [6, 6.07) is 5.53. The zero-order valence-electron chi connectivity index (χ0n) is 15.6. The summed E-state index contributed by atoms with van der Waals surface area (Å²) >= 11 is 0. The summed E-state index contributed by atoms with van der Waals surface area (Å²) in [5, 5.41) is 0. The number of hydrogen-bond acceptors (Lipinski definition) is 0. The minimum atomic E-state index is -1.34. The molecule has 160 valence electrons. The maximum atomic E-state index is 14.2. The van der Waals surface area contributed by atoms with E-state index in [0.29, 0.717) is 48.5 Å². The lowest BCUT2D eigenvalue weighted by Crippen LogP contribution is -2.03. The van der Waals surface area contributed by atoms with Gasteiger partial charge in [0.2, 0.25) is 0 Å². The molecule has 0 amide bonds. The first kappa shape index (κ1) is 20.2. The lowest BCUT2D eigenvalue weighted by atomic mass is 9.80. The Morgan fingerprint density at radius 1 is 0.219 bits per heavy atom. The molecule has 0 heterocycles. The SMILES string of the molecule is Fc1cc2c(cc1F)-c1cc(F)c(F)cc1-c1cc(F)c(F)cc1-c1cc(F)c(F)cc1-2. The van der Waals surface area contributed by atoms with E-state index in [1.54, 1.807) is 0 Å². The van der Waals surface area contributed by atoms with E-state index in [9.17, 15) is 35.1 Å². The molecule has 1 aliphatic carbocycles. The van der Waals surface area contributed by atoms with Crippen LogP contribution in [0.15, 0.2) is 48.5 Å². The second-order valence-electron chi connectivity index (χ2n) is 7.25. The van der Waals surface area contributed by atoms with Gasteiger partial charge in [0.1, 0.15) is 0 Å². The summed E-state index contributed by atoms with van der Waals surface area (Å²) in [6.45, 7) is 0. The fourth-order valence-corrected chi connectivity index (χ4v) is 3.97. The largest absolute Gasteiger partial charge is 0.204 e. The highest BCUT2D eigenvalue weighted by Crippen LogP contribution is 2.49. The molecule has 5 rings (SSSR count). The quantitative estimate of drug-likeness (QED) is 0.212. The molecule has 1 aliphatic rings. The fraction of sp³-hybridized carbons (Fsp3) is 0. The van der Waals surface area contributed by atoms with Crippen molar-refractivity contribution in [3.05, 3.63) is 95.1 Å². The van der Waals surface area contributed by atoms with Gasteiger partial charge in [-0.1, -0.05) is 0 Å². The molecule has 0 radical (unpaired) electrons. The molecule has 8 heteroatoms. The lowest BCUT2D eigenvalue weighted by molar-refractivity contribution is 0.506. The highest BCUT2D eigenvalue weighted by molar-refractivity contribution is 6.03. The molecule has 4 aromatic carbocycles. The maximum absolute atomic E-state index is 14.2. The van der Waals surface area contributed by atoms with E-state index >= 15 is 0 Å². The van der Waals surface area contributed by atoms with Gasteiger partial charge in [0.05, 0.1) is 0 Å². The van der Waals surface area contributed by atoms with E-state index in [-0.39, 0.29) is 44.5 Å². The Kier molecular flexibility index (Phi) is 4.37. The molecule has 0 saturated carbocycles. The second-order valence-corrected chi connectivity index (χ2v) is 7.25. The van der Waals surface area contributed by atoms with Crippen LogP contribution in [0.5, 0.6) is 0 Å². The van der Waals surface area contributed by atoms with Crippen molar-refractivity contribution in [3.8, 4) is 44.5 Å². The molecule has 0 saturated heterocycles. The third kappa shape index (κ3) is 2.90. The Labute approximate surface area is 175 Å². The first-order valence-electron chi connectivity index (χ1n) is 9.13. The van der Waals surface area contributed by atoms with E-state index in [4.69, 9.17) is 0 Å². The monoisotopic (exact) mass is 448 g/mol. The van der Waals surface area contributed by atoms with E-state index in [2.05, 4.69) is 0 Å². The molecule has 0 fully saturated rings. The molecular weight excluding hydrogens is 440 g/mol. The van der Waals surface area contributed by atoms with Gasteiger partial charge >= 0.3 is 0 Å². The van der Waals surface area contributed by atoms with Gasteiger partial charge in [-0.05, 0) is 93.0 Å². The van der Waals surface area contributed by atoms with Gasteiger partial charge in [-0.2, -0.15) is 0 Å². The number of halogens is 8. The predicted octanol–water partition coefficient (Wildman–Crippen LogP) is 7.78. The normalized spacial score (nSPS) is 11.8. The van der Waals surface area contributed by atoms with Crippen LogP contribution in [0.25, 0.3) is 44.5 Å². The molecule has 0 bridgehead atoms. The summed E-state index contributed by atoms with van der Waals surface area (Å²) in [5.41, 5.74) is -1.44. The molecule has 0 nitrogen and oxygen atoms in total. The Hall–Kier alpha value is -3.68. The number of hydrogen-bond donors (Lipinski definition) is 0. The van der Waals surface area contributed by atoms with Gasteiger partial charge in [0, 0.05) is 0 Å². The van der Waals surface area contributed by atoms with Gasteiger partial charge < -0.3 is 0 Å². The summed E-state index contributed by atoms with van der Waals surface area (Å²) in [7, 11) is 0. The molecule has 0 aliphatic heterocycles. The van der Waals surface area contributed by atoms with E-state index < -0.39 is 46.5 Å². The average Bonchev–Trinajstić information content (AvgIpc) is 2.74. The third-order valence-corrected chi connectivity index (χ3v) is 5.40. The van der Waals surface area contributed by atoms with Crippen LogP contribution >= 0.6 is 0 Å². The van der Waals surface area contributed by atoms with E-state index in [0.717, 1.165) is 0 Å². The van der Waals surface area contributed by atoms with Crippen LogP contribution in [-0.4, -0.2) is 0 Å². The van der Waals surface area contributed by atoms with Crippen LogP contribution in [-0.2, 0) is 0 Å². The average molecular weight is 448 g/mol. The van der Waals surface area contributed by atoms with Crippen LogP contribution in [0, 0.1) is 46.5 Å². The molecule has 0 aromatic heterocycles. The van der Waals surface area contributed by atoms with Crippen molar-refractivity contribution in [1.29, 1.82) is 0 Å². The number of benzene rings is 4. The molecule has 4 aromatic rings. The predicted molar refractivity (Wildman–Crippen MR) is 101 cm³/mol. The van der Waals surface area contributed by atoms with Crippen LogP contribution in [0.3, 0.4) is 0 Å². The maximum Gasteiger partial charge on any atom is 0.159 e. The van der Waals surface area contributed by atoms with Crippen LogP contribution in [0.2, 0.25) is 0 Å². The van der Waals surface area contributed by atoms with Crippen molar-refractivity contribution in [2.75, 3.05) is 0 Å². The topological polar surface area (TPSA) is 0 Å². The smallest absolute Gasteiger partial charge is 0.159 e. The summed E-state index contributed by atoms with van der Waals surface area (Å²) < 4.78 is 113. The summed E-state index contributed by atoms with van der Waals surface area (Å²) in [5.74, 6) is -10.7. The summed E-state index contributed by atoms with van der Waals surface area (Å²) in [6.07, 6.45) is 0. The zero-order chi connectivity index (χ0) is 22.9. The molecule has 0 spiro atoms. The fourth-order valence-electron chi connectivity index (χ4n) is 3.97. The van der Waals surface area contributed by atoms with Crippen LogP contribution < -0.4 is 0 Å². The van der Waals surface area contributed by atoms with Crippen molar-refractivity contribution >= 4 is 0 Å². The Morgan fingerprint density at radius 2 is 0.312 bits per heavy atom. The van der Waals surface area contributed by atoms with Crippen molar-refractivity contribution in [2.45, 2.75) is 0 Å². The van der Waals surface area contributed by atoms with Crippen LogP contribution in [0.1, 0.15) is 0 Å². The standard InChI is InChI=1S/C24H8F8/c25-17-1-9-10(2-18(17)26)12-4-21(29)22(30)6-14(12)16-8-24(32)23(31)7-15(16)13-5-20(28)19(27)3-11(9)13/h1-8H. The Morgan fingerprint density at radius 3 is 0.406 bits per heavy atom. The molecular formula is C24H8F8. The van der Waals surface area contributed by atoms with Gasteiger partial charge in [-0.25, -0.2) is 35.1 Å². The highest BCUT2D eigenvalue weighted by atomic mass is 19.2. The first-order valence-corrected chi connectivity index (χ1v) is 9.13.